The molecular weight excluding hydrogens is 392 g/mol. The SMILES string of the molecule is CC(CCc1cccc2ccccc12)C(=O)CCCCC(O)C1CCCC2CCCCC21. The number of unbranched alkanes of at least 4 members (excludes halogenated alkanes) is 1. The molecule has 0 spiro atoms. The second-order valence-corrected chi connectivity index (χ2v) is 10.7. The number of carbonyl (C=O) groups is 1. The largest absolute Gasteiger partial charge is 0.393 e. The van der Waals surface area contributed by atoms with Gasteiger partial charge in [0, 0.05) is 12.3 Å². The van der Waals surface area contributed by atoms with E-state index in [0.29, 0.717) is 18.1 Å². The van der Waals surface area contributed by atoms with E-state index in [1.807, 2.05) is 0 Å². The second-order valence-electron chi connectivity index (χ2n) is 10.7. The van der Waals surface area contributed by atoms with Crippen LogP contribution in [0.15, 0.2) is 42.5 Å². The Bertz CT molecular complexity index is 865. The van der Waals surface area contributed by atoms with Crippen molar-refractivity contribution >= 4 is 16.6 Å². The molecule has 0 bridgehead atoms. The molecule has 174 valence electrons. The summed E-state index contributed by atoms with van der Waals surface area (Å²) in [5, 5.41) is 13.5. The van der Waals surface area contributed by atoms with E-state index in [4.69, 9.17) is 0 Å². The highest BCUT2D eigenvalue weighted by molar-refractivity contribution is 5.85. The molecular formula is C30H42O2. The highest BCUT2D eigenvalue weighted by Gasteiger charge is 2.37. The lowest BCUT2D eigenvalue weighted by atomic mass is 9.63. The minimum absolute atomic E-state index is 0.111. The Balaban J connectivity index is 1.17. The Morgan fingerprint density at radius 2 is 1.72 bits per heavy atom. The van der Waals surface area contributed by atoms with Crippen LogP contribution in [0.25, 0.3) is 10.8 Å². The molecule has 2 saturated carbocycles. The van der Waals surface area contributed by atoms with Gasteiger partial charge in [0.15, 0.2) is 0 Å². The number of rotatable bonds is 10. The molecule has 0 amide bonds. The highest BCUT2D eigenvalue weighted by Crippen LogP contribution is 2.45. The van der Waals surface area contributed by atoms with Gasteiger partial charge in [-0.2, -0.15) is 0 Å². The van der Waals surface area contributed by atoms with Gasteiger partial charge in [-0.25, -0.2) is 0 Å². The van der Waals surface area contributed by atoms with E-state index in [2.05, 4.69) is 49.4 Å². The van der Waals surface area contributed by atoms with Gasteiger partial charge < -0.3 is 5.11 Å². The van der Waals surface area contributed by atoms with Crippen LogP contribution in [0, 0.1) is 23.7 Å². The molecule has 1 N–H and O–H groups in total. The van der Waals surface area contributed by atoms with Gasteiger partial charge >= 0.3 is 0 Å². The molecule has 0 saturated heterocycles. The normalized spacial score (nSPS) is 25.2. The molecule has 2 aromatic rings. The van der Waals surface area contributed by atoms with Crippen LogP contribution in [0.3, 0.4) is 0 Å². The van der Waals surface area contributed by atoms with E-state index in [-0.39, 0.29) is 12.0 Å². The minimum atomic E-state index is -0.153. The summed E-state index contributed by atoms with van der Waals surface area (Å²) >= 11 is 0. The fourth-order valence-electron chi connectivity index (χ4n) is 6.62. The predicted molar refractivity (Wildman–Crippen MR) is 134 cm³/mol. The lowest BCUT2D eigenvalue weighted by Crippen LogP contribution is -2.37. The molecule has 0 aromatic heterocycles. The molecule has 2 fully saturated rings. The molecule has 2 nitrogen and oxygen atoms in total. The quantitative estimate of drug-likeness (QED) is 0.393. The molecule has 5 unspecified atom stereocenters. The third-order valence-corrected chi connectivity index (χ3v) is 8.57. The van der Waals surface area contributed by atoms with Crippen LogP contribution in [-0.4, -0.2) is 17.0 Å². The van der Waals surface area contributed by atoms with Crippen molar-refractivity contribution in [3.05, 3.63) is 48.0 Å². The Morgan fingerprint density at radius 3 is 2.62 bits per heavy atom. The van der Waals surface area contributed by atoms with E-state index in [1.54, 1.807) is 0 Å². The summed E-state index contributed by atoms with van der Waals surface area (Å²) in [7, 11) is 0. The van der Waals surface area contributed by atoms with Crippen molar-refractivity contribution in [3.63, 3.8) is 0 Å². The summed E-state index contributed by atoms with van der Waals surface area (Å²) in [5.74, 6) is 2.67. The summed E-state index contributed by atoms with van der Waals surface area (Å²) in [6, 6.07) is 15.0. The fraction of sp³-hybridized carbons (Fsp3) is 0.633. The molecule has 0 radical (unpaired) electrons. The molecule has 2 aliphatic rings. The maximum absolute atomic E-state index is 12.7. The van der Waals surface area contributed by atoms with Crippen LogP contribution in [0.4, 0.5) is 0 Å². The molecule has 2 heteroatoms. The van der Waals surface area contributed by atoms with Gasteiger partial charge in [-0.15, -0.1) is 0 Å². The van der Waals surface area contributed by atoms with Crippen molar-refractivity contribution in [2.45, 2.75) is 96.5 Å². The van der Waals surface area contributed by atoms with E-state index >= 15 is 0 Å². The van der Waals surface area contributed by atoms with Crippen molar-refractivity contribution < 1.29 is 9.90 Å². The van der Waals surface area contributed by atoms with Crippen molar-refractivity contribution in [3.8, 4) is 0 Å². The van der Waals surface area contributed by atoms with Gasteiger partial charge in [0.1, 0.15) is 5.78 Å². The van der Waals surface area contributed by atoms with Crippen LogP contribution in [0.1, 0.15) is 89.5 Å². The van der Waals surface area contributed by atoms with Gasteiger partial charge in [0.25, 0.3) is 0 Å². The number of benzene rings is 2. The van der Waals surface area contributed by atoms with Crippen molar-refractivity contribution in [2.24, 2.45) is 23.7 Å². The van der Waals surface area contributed by atoms with Crippen LogP contribution in [0.2, 0.25) is 0 Å². The molecule has 32 heavy (non-hydrogen) atoms. The van der Waals surface area contributed by atoms with E-state index in [1.165, 1.54) is 61.3 Å². The molecule has 5 atom stereocenters. The Morgan fingerprint density at radius 1 is 0.938 bits per heavy atom. The van der Waals surface area contributed by atoms with E-state index in [0.717, 1.165) is 43.9 Å². The number of Topliss-reactive ketones (excluding diaryl/α,β-unsaturated/α-hetero) is 1. The summed E-state index contributed by atoms with van der Waals surface area (Å²) in [5.41, 5.74) is 1.35. The fourth-order valence-corrected chi connectivity index (χ4v) is 6.62. The number of carbonyl (C=O) groups excluding carboxylic acids is 1. The Kier molecular flexibility index (Phi) is 8.41. The van der Waals surface area contributed by atoms with E-state index < -0.39 is 0 Å². The topological polar surface area (TPSA) is 37.3 Å². The number of aryl methyl sites for hydroxylation is 1. The monoisotopic (exact) mass is 434 g/mol. The summed E-state index contributed by atoms with van der Waals surface area (Å²) in [6.45, 7) is 2.09. The smallest absolute Gasteiger partial charge is 0.135 e. The van der Waals surface area contributed by atoms with Crippen LogP contribution >= 0.6 is 0 Å². The third-order valence-electron chi connectivity index (χ3n) is 8.57. The average Bonchev–Trinajstić information content (AvgIpc) is 2.84. The maximum Gasteiger partial charge on any atom is 0.135 e. The molecule has 0 heterocycles. The highest BCUT2D eigenvalue weighted by atomic mass is 16.3. The predicted octanol–water partition coefficient (Wildman–Crippen LogP) is 7.51. The molecule has 0 aliphatic heterocycles. The third kappa shape index (κ3) is 5.81. The van der Waals surface area contributed by atoms with Gasteiger partial charge in [-0.3, -0.25) is 4.79 Å². The van der Waals surface area contributed by atoms with Crippen molar-refractivity contribution in [1.29, 1.82) is 0 Å². The first kappa shape index (κ1) is 23.5. The van der Waals surface area contributed by atoms with Crippen molar-refractivity contribution in [1.82, 2.24) is 0 Å². The standard InChI is InChI=1S/C30H42O2/c1-22(20-21-25-13-8-12-23-10-2-4-15-26(23)25)29(31)18-6-7-19-30(32)28-17-9-14-24-11-3-5-16-27(24)28/h2,4,8,10,12-13,15,22,24,27-28,30,32H,3,5-7,9,11,14,16-21H2,1H3. The van der Waals surface area contributed by atoms with Crippen LogP contribution in [0.5, 0.6) is 0 Å². The zero-order chi connectivity index (χ0) is 22.3. The number of hydrogen-bond donors (Lipinski definition) is 1. The van der Waals surface area contributed by atoms with Crippen LogP contribution < -0.4 is 0 Å². The molecule has 2 aliphatic carbocycles. The number of aliphatic hydroxyl groups is 1. The van der Waals surface area contributed by atoms with Gasteiger partial charge in [-0.05, 0) is 72.6 Å². The van der Waals surface area contributed by atoms with Crippen LogP contribution in [-0.2, 0) is 11.2 Å². The lowest BCUT2D eigenvalue weighted by molar-refractivity contribution is -0.122. The Hall–Kier alpha value is -1.67. The average molecular weight is 435 g/mol. The van der Waals surface area contributed by atoms with Gasteiger partial charge in [-0.1, -0.05) is 87.9 Å². The van der Waals surface area contributed by atoms with E-state index in [9.17, 15) is 9.90 Å². The maximum atomic E-state index is 12.7. The number of ketones is 1. The molecule has 4 rings (SSSR count). The lowest BCUT2D eigenvalue weighted by Gasteiger charge is -2.43. The zero-order valence-electron chi connectivity index (χ0n) is 20.0. The second kappa shape index (κ2) is 11.5. The summed E-state index contributed by atoms with van der Waals surface area (Å²) < 4.78 is 0. The van der Waals surface area contributed by atoms with Crippen molar-refractivity contribution in [2.75, 3.05) is 0 Å². The summed E-state index contributed by atoms with van der Waals surface area (Å²) in [6.07, 6.45) is 14.6. The first-order valence-electron chi connectivity index (χ1n) is 13.3. The first-order chi connectivity index (χ1) is 15.6. The van der Waals surface area contributed by atoms with Gasteiger partial charge in [0.2, 0.25) is 0 Å². The van der Waals surface area contributed by atoms with Gasteiger partial charge in [0.05, 0.1) is 6.10 Å². The minimum Gasteiger partial charge on any atom is -0.393 e. The Labute approximate surface area is 194 Å². The number of aliphatic hydroxyl groups excluding tert-OH is 1. The number of fused-ring (bicyclic) bond motifs is 2. The summed E-state index contributed by atoms with van der Waals surface area (Å²) in [4.78, 5) is 12.7. The molecule has 2 aromatic carbocycles. The first-order valence-corrected chi connectivity index (χ1v) is 13.3. The number of hydrogen-bond acceptors (Lipinski definition) is 2. The zero-order valence-corrected chi connectivity index (χ0v) is 20.0.